The van der Waals surface area contributed by atoms with Crippen molar-refractivity contribution in [2.45, 2.75) is 26.3 Å². The third-order valence-corrected chi connectivity index (χ3v) is 4.05. The van der Waals surface area contributed by atoms with Crippen LogP contribution in [0.3, 0.4) is 0 Å². The van der Waals surface area contributed by atoms with Crippen molar-refractivity contribution >= 4 is 17.7 Å². The van der Waals surface area contributed by atoms with E-state index in [1.165, 1.54) is 0 Å². The molecule has 0 bridgehead atoms. The van der Waals surface area contributed by atoms with Gasteiger partial charge in [0.25, 0.3) is 0 Å². The minimum absolute atomic E-state index is 0.0792. The van der Waals surface area contributed by atoms with Gasteiger partial charge in [-0.3, -0.25) is 4.79 Å². The summed E-state index contributed by atoms with van der Waals surface area (Å²) in [6, 6.07) is 5.82. The smallest absolute Gasteiger partial charge is 0.230 e. The second-order valence-corrected chi connectivity index (χ2v) is 5.77. The van der Waals surface area contributed by atoms with Crippen LogP contribution in [0.1, 0.15) is 25.3 Å². The Morgan fingerprint density at radius 2 is 2.10 bits per heavy atom. The number of carbonyl (C=O) groups is 1. The highest BCUT2D eigenvalue weighted by Crippen LogP contribution is 2.30. The van der Waals surface area contributed by atoms with E-state index >= 15 is 0 Å². The number of ether oxygens (including phenoxy) is 2. The molecule has 1 aliphatic heterocycles. The molecule has 0 aromatic heterocycles. The maximum atomic E-state index is 11.6. The van der Waals surface area contributed by atoms with E-state index in [1.54, 1.807) is 11.8 Å². The van der Waals surface area contributed by atoms with Gasteiger partial charge in [-0.15, -0.1) is 0 Å². The molecule has 0 fully saturated rings. The molecule has 1 aromatic rings. The molecule has 4 nitrogen and oxygen atoms in total. The predicted octanol–water partition coefficient (Wildman–Crippen LogP) is 2.61. The Morgan fingerprint density at radius 1 is 1.30 bits per heavy atom. The van der Waals surface area contributed by atoms with Gasteiger partial charge in [-0.25, -0.2) is 0 Å². The molecule has 20 heavy (non-hydrogen) atoms. The molecular formula is C15H21NO3S. The van der Waals surface area contributed by atoms with E-state index in [0.717, 1.165) is 35.7 Å². The number of nitrogens with one attached hydrogen (secondary N) is 1. The Kier molecular flexibility index (Phi) is 6.05. The summed E-state index contributed by atoms with van der Waals surface area (Å²) < 4.78 is 11.2. The van der Waals surface area contributed by atoms with Gasteiger partial charge in [0.05, 0.1) is 19.0 Å². The number of thioether (sulfide) groups is 1. The first-order chi connectivity index (χ1) is 9.79. The van der Waals surface area contributed by atoms with Crippen LogP contribution in [0, 0.1) is 0 Å². The number of carbonyl (C=O) groups excluding carboxylic acids is 1. The molecule has 1 heterocycles. The largest absolute Gasteiger partial charge is 0.490 e. The molecule has 1 amide bonds. The predicted molar refractivity (Wildman–Crippen MR) is 81.5 cm³/mol. The Hall–Kier alpha value is -1.36. The fourth-order valence-corrected chi connectivity index (χ4v) is 2.60. The summed E-state index contributed by atoms with van der Waals surface area (Å²) in [5.74, 6) is 3.19. The maximum Gasteiger partial charge on any atom is 0.230 e. The maximum absolute atomic E-state index is 11.6. The quantitative estimate of drug-likeness (QED) is 0.820. The van der Waals surface area contributed by atoms with E-state index in [2.05, 4.69) is 12.2 Å². The monoisotopic (exact) mass is 295 g/mol. The average Bonchev–Trinajstić information content (AvgIpc) is 2.70. The van der Waals surface area contributed by atoms with E-state index in [4.69, 9.17) is 9.47 Å². The number of hydrogen-bond acceptors (Lipinski definition) is 4. The third kappa shape index (κ3) is 4.63. The van der Waals surface area contributed by atoms with Crippen molar-refractivity contribution in [2.24, 2.45) is 0 Å². The van der Waals surface area contributed by atoms with Crippen LogP contribution in [0.2, 0.25) is 0 Å². The molecule has 2 rings (SSSR count). The zero-order valence-corrected chi connectivity index (χ0v) is 12.6. The lowest BCUT2D eigenvalue weighted by atomic mass is 10.2. The fourth-order valence-electron chi connectivity index (χ4n) is 1.88. The van der Waals surface area contributed by atoms with Crippen LogP contribution in [0.4, 0.5) is 0 Å². The van der Waals surface area contributed by atoms with E-state index in [-0.39, 0.29) is 5.91 Å². The molecule has 0 aliphatic carbocycles. The topological polar surface area (TPSA) is 47.6 Å². The van der Waals surface area contributed by atoms with E-state index < -0.39 is 0 Å². The Morgan fingerprint density at radius 3 is 2.90 bits per heavy atom. The number of fused-ring (bicyclic) bond motifs is 1. The number of rotatable bonds is 6. The van der Waals surface area contributed by atoms with E-state index in [0.29, 0.717) is 25.5 Å². The van der Waals surface area contributed by atoms with Gasteiger partial charge >= 0.3 is 0 Å². The van der Waals surface area contributed by atoms with Crippen molar-refractivity contribution in [1.29, 1.82) is 0 Å². The van der Waals surface area contributed by atoms with Gasteiger partial charge in [0, 0.05) is 13.0 Å². The molecule has 110 valence electrons. The fraction of sp³-hybridized carbons (Fsp3) is 0.533. The van der Waals surface area contributed by atoms with Crippen LogP contribution in [0.15, 0.2) is 18.2 Å². The molecule has 1 N–H and O–H groups in total. The van der Waals surface area contributed by atoms with Gasteiger partial charge < -0.3 is 14.8 Å². The number of benzene rings is 1. The second kappa shape index (κ2) is 8.04. The normalized spacial score (nSPS) is 13.7. The summed E-state index contributed by atoms with van der Waals surface area (Å²) in [5.41, 5.74) is 1.03. The Labute approximate surface area is 124 Å². The molecule has 1 aliphatic rings. The summed E-state index contributed by atoms with van der Waals surface area (Å²) in [6.07, 6.45) is 2.00. The van der Waals surface area contributed by atoms with Gasteiger partial charge in [-0.05, 0) is 29.9 Å². The van der Waals surface area contributed by atoms with Gasteiger partial charge in [-0.1, -0.05) is 13.0 Å². The SMILES string of the molecule is CCCSCC(=O)NCc1ccc2c(c1)OCCCO2. The van der Waals surface area contributed by atoms with Crippen molar-refractivity contribution in [1.82, 2.24) is 5.32 Å². The molecule has 5 heteroatoms. The van der Waals surface area contributed by atoms with Crippen molar-refractivity contribution in [3.63, 3.8) is 0 Å². The van der Waals surface area contributed by atoms with Crippen LogP contribution in [-0.2, 0) is 11.3 Å². The van der Waals surface area contributed by atoms with Gasteiger partial charge in [0.2, 0.25) is 5.91 Å². The Bertz CT molecular complexity index is 451. The van der Waals surface area contributed by atoms with Gasteiger partial charge in [0.1, 0.15) is 0 Å². The minimum atomic E-state index is 0.0792. The lowest BCUT2D eigenvalue weighted by molar-refractivity contribution is -0.118. The van der Waals surface area contributed by atoms with Crippen molar-refractivity contribution in [3.8, 4) is 11.5 Å². The van der Waals surface area contributed by atoms with Crippen LogP contribution in [-0.4, -0.2) is 30.6 Å². The standard InChI is InChI=1S/C15H21NO3S/c1-2-8-20-11-15(17)16-10-12-4-5-13-14(9-12)19-7-3-6-18-13/h4-5,9H,2-3,6-8,10-11H2,1H3,(H,16,17). The highest BCUT2D eigenvalue weighted by atomic mass is 32.2. The Balaban J connectivity index is 1.84. The molecule has 0 saturated carbocycles. The molecular weight excluding hydrogens is 274 g/mol. The molecule has 0 radical (unpaired) electrons. The summed E-state index contributed by atoms with van der Waals surface area (Å²) in [5, 5.41) is 2.92. The van der Waals surface area contributed by atoms with Crippen molar-refractivity contribution < 1.29 is 14.3 Å². The molecule has 0 saturated heterocycles. The van der Waals surface area contributed by atoms with E-state index in [9.17, 15) is 4.79 Å². The third-order valence-electron chi connectivity index (χ3n) is 2.88. The zero-order valence-electron chi connectivity index (χ0n) is 11.8. The van der Waals surface area contributed by atoms with Gasteiger partial charge in [-0.2, -0.15) is 11.8 Å². The van der Waals surface area contributed by atoms with Crippen molar-refractivity contribution in [3.05, 3.63) is 23.8 Å². The van der Waals surface area contributed by atoms with Crippen LogP contribution < -0.4 is 14.8 Å². The molecule has 0 spiro atoms. The molecule has 0 atom stereocenters. The minimum Gasteiger partial charge on any atom is -0.490 e. The highest BCUT2D eigenvalue weighted by Gasteiger charge is 2.11. The second-order valence-electron chi connectivity index (χ2n) is 4.66. The zero-order chi connectivity index (χ0) is 14.2. The number of amides is 1. The van der Waals surface area contributed by atoms with Crippen LogP contribution in [0.5, 0.6) is 11.5 Å². The first-order valence-electron chi connectivity index (χ1n) is 7.02. The van der Waals surface area contributed by atoms with Crippen LogP contribution in [0.25, 0.3) is 0 Å². The number of hydrogen-bond donors (Lipinski definition) is 1. The summed E-state index contributed by atoms with van der Waals surface area (Å²) in [6.45, 7) is 4.01. The summed E-state index contributed by atoms with van der Waals surface area (Å²) in [7, 11) is 0. The van der Waals surface area contributed by atoms with Gasteiger partial charge in [0.15, 0.2) is 11.5 Å². The summed E-state index contributed by atoms with van der Waals surface area (Å²) in [4.78, 5) is 11.6. The first kappa shape index (κ1) is 15.0. The van der Waals surface area contributed by atoms with Crippen LogP contribution >= 0.6 is 11.8 Å². The van der Waals surface area contributed by atoms with Crippen molar-refractivity contribution in [2.75, 3.05) is 24.7 Å². The lowest BCUT2D eigenvalue weighted by Crippen LogP contribution is -2.24. The first-order valence-corrected chi connectivity index (χ1v) is 8.18. The summed E-state index contributed by atoms with van der Waals surface area (Å²) >= 11 is 1.67. The lowest BCUT2D eigenvalue weighted by Gasteiger charge is -2.10. The molecule has 1 aromatic carbocycles. The molecule has 0 unspecified atom stereocenters. The van der Waals surface area contributed by atoms with E-state index in [1.807, 2.05) is 18.2 Å². The average molecular weight is 295 g/mol. The highest BCUT2D eigenvalue weighted by molar-refractivity contribution is 7.99.